The van der Waals surface area contributed by atoms with Crippen molar-refractivity contribution in [1.29, 1.82) is 0 Å². The smallest absolute Gasteiger partial charge is 0.123 e. The molecule has 1 heterocycles. The van der Waals surface area contributed by atoms with E-state index in [0.29, 0.717) is 6.54 Å². The molecule has 5 heteroatoms. The third-order valence-corrected chi connectivity index (χ3v) is 3.49. The standard InChI is InChI=1S/C13H16FN3O/c1-13(2)10(5-6-16-17-15)7-9-8-11(14)3-4-12(9)18-13/h3-4,8,10H,5-7H2,1-2H3. The molecule has 18 heavy (non-hydrogen) atoms. The van der Waals surface area contributed by atoms with E-state index in [1.807, 2.05) is 13.8 Å². The zero-order chi connectivity index (χ0) is 13.2. The summed E-state index contributed by atoms with van der Waals surface area (Å²) in [5.74, 6) is 0.726. The van der Waals surface area contributed by atoms with E-state index >= 15 is 0 Å². The lowest BCUT2D eigenvalue weighted by molar-refractivity contribution is 0.0238. The van der Waals surface area contributed by atoms with Crippen LogP contribution >= 0.6 is 0 Å². The minimum atomic E-state index is -0.324. The summed E-state index contributed by atoms with van der Waals surface area (Å²) in [4.78, 5) is 2.75. The van der Waals surface area contributed by atoms with Gasteiger partial charge in [0, 0.05) is 17.4 Å². The summed E-state index contributed by atoms with van der Waals surface area (Å²) in [6.45, 7) is 4.47. The number of hydrogen-bond acceptors (Lipinski definition) is 2. The molecule has 2 rings (SSSR count). The minimum Gasteiger partial charge on any atom is -0.487 e. The van der Waals surface area contributed by atoms with Crippen LogP contribution in [0, 0.1) is 11.7 Å². The number of hydrogen-bond donors (Lipinski definition) is 0. The van der Waals surface area contributed by atoms with E-state index in [2.05, 4.69) is 10.0 Å². The Bertz CT molecular complexity index is 495. The van der Waals surface area contributed by atoms with Gasteiger partial charge in [-0.2, -0.15) is 0 Å². The normalized spacial score (nSPS) is 20.5. The molecule has 0 bridgehead atoms. The summed E-state index contributed by atoms with van der Waals surface area (Å²) in [6.07, 6.45) is 1.49. The number of rotatable bonds is 3. The van der Waals surface area contributed by atoms with E-state index < -0.39 is 0 Å². The molecular formula is C13H16FN3O. The van der Waals surface area contributed by atoms with Crippen molar-refractivity contribution < 1.29 is 9.13 Å². The molecule has 1 aromatic carbocycles. The van der Waals surface area contributed by atoms with Crippen molar-refractivity contribution in [1.82, 2.24) is 0 Å². The van der Waals surface area contributed by atoms with Crippen LogP contribution in [0.25, 0.3) is 10.4 Å². The summed E-state index contributed by atoms with van der Waals surface area (Å²) >= 11 is 0. The number of benzene rings is 1. The number of ether oxygens (including phenoxy) is 1. The molecule has 0 aromatic heterocycles. The van der Waals surface area contributed by atoms with E-state index in [0.717, 1.165) is 24.2 Å². The van der Waals surface area contributed by atoms with Crippen LogP contribution in [0.5, 0.6) is 5.75 Å². The van der Waals surface area contributed by atoms with Crippen molar-refractivity contribution in [3.8, 4) is 5.75 Å². The minimum absolute atomic E-state index is 0.220. The van der Waals surface area contributed by atoms with Crippen LogP contribution in [0.2, 0.25) is 0 Å². The van der Waals surface area contributed by atoms with Crippen molar-refractivity contribution in [3.63, 3.8) is 0 Å². The van der Waals surface area contributed by atoms with E-state index in [9.17, 15) is 4.39 Å². The van der Waals surface area contributed by atoms with E-state index in [1.54, 1.807) is 6.07 Å². The van der Waals surface area contributed by atoms with E-state index in [-0.39, 0.29) is 17.3 Å². The summed E-state index contributed by atoms with van der Waals surface area (Å²) in [6, 6.07) is 4.61. The van der Waals surface area contributed by atoms with Crippen LogP contribution in [-0.2, 0) is 6.42 Å². The molecule has 1 unspecified atom stereocenters. The second kappa shape index (κ2) is 4.86. The van der Waals surface area contributed by atoms with Crippen molar-refractivity contribution >= 4 is 0 Å². The van der Waals surface area contributed by atoms with Gasteiger partial charge < -0.3 is 4.74 Å². The number of nitrogens with zero attached hydrogens (tertiary/aromatic N) is 3. The Labute approximate surface area is 105 Å². The highest BCUT2D eigenvalue weighted by Gasteiger charge is 2.36. The number of azide groups is 1. The average molecular weight is 249 g/mol. The average Bonchev–Trinajstić information content (AvgIpc) is 2.30. The Morgan fingerprint density at radius 2 is 2.33 bits per heavy atom. The van der Waals surface area contributed by atoms with Crippen LogP contribution in [-0.4, -0.2) is 12.1 Å². The van der Waals surface area contributed by atoms with Crippen LogP contribution in [0.4, 0.5) is 4.39 Å². The fourth-order valence-electron chi connectivity index (χ4n) is 2.39. The van der Waals surface area contributed by atoms with Crippen LogP contribution in [0.1, 0.15) is 25.8 Å². The van der Waals surface area contributed by atoms with Gasteiger partial charge in [0.2, 0.25) is 0 Å². The zero-order valence-corrected chi connectivity index (χ0v) is 10.6. The van der Waals surface area contributed by atoms with Gasteiger partial charge in [-0.05, 0) is 56.0 Å². The van der Waals surface area contributed by atoms with E-state index in [1.165, 1.54) is 12.1 Å². The van der Waals surface area contributed by atoms with Crippen LogP contribution in [0.3, 0.4) is 0 Å². The summed E-state index contributed by atoms with van der Waals surface area (Å²) in [5, 5.41) is 3.56. The number of halogens is 1. The van der Waals surface area contributed by atoms with Crippen molar-refractivity contribution in [2.45, 2.75) is 32.3 Å². The van der Waals surface area contributed by atoms with Gasteiger partial charge >= 0.3 is 0 Å². The molecular weight excluding hydrogens is 233 g/mol. The maximum atomic E-state index is 13.2. The fraction of sp³-hybridized carbons (Fsp3) is 0.538. The van der Waals surface area contributed by atoms with Crippen molar-refractivity contribution in [2.24, 2.45) is 11.0 Å². The highest BCUT2D eigenvalue weighted by atomic mass is 19.1. The first-order valence-corrected chi connectivity index (χ1v) is 6.01. The monoisotopic (exact) mass is 249 g/mol. The molecule has 0 spiro atoms. The molecule has 1 aliphatic rings. The summed E-state index contributed by atoms with van der Waals surface area (Å²) in [5.41, 5.74) is 8.86. The highest BCUT2D eigenvalue weighted by molar-refractivity contribution is 5.37. The molecule has 96 valence electrons. The second-order valence-corrected chi connectivity index (χ2v) is 5.10. The largest absolute Gasteiger partial charge is 0.487 e. The van der Waals surface area contributed by atoms with Gasteiger partial charge in [-0.25, -0.2) is 4.39 Å². The lowest BCUT2D eigenvalue weighted by atomic mass is 9.80. The Morgan fingerprint density at radius 3 is 3.06 bits per heavy atom. The lowest BCUT2D eigenvalue weighted by Crippen LogP contribution is -2.42. The molecule has 4 nitrogen and oxygen atoms in total. The summed E-state index contributed by atoms with van der Waals surface area (Å²) in [7, 11) is 0. The van der Waals surface area contributed by atoms with Gasteiger partial charge in [0.25, 0.3) is 0 Å². The Hall–Kier alpha value is -1.74. The molecule has 0 radical (unpaired) electrons. The molecule has 0 aliphatic carbocycles. The molecule has 0 N–H and O–H groups in total. The topological polar surface area (TPSA) is 58.0 Å². The van der Waals surface area contributed by atoms with Crippen molar-refractivity contribution in [3.05, 3.63) is 40.0 Å². The third-order valence-electron chi connectivity index (χ3n) is 3.49. The first kappa shape index (κ1) is 12.7. The van der Waals surface area contributed by atoms with Gasteiger partial charge in [-0.3, -0.25) is 0 Å². The highest BCUT2D eigenvalue weighted by Crippen LogP contribution is 2.38. The molecule has 0 amide bonds. The molecule has 1 atom stereocenters. The SMILES string of the molecule is CC1(C)Oc2ccc(F)cc2CC1CCN=[N+]=[N-]. The Balaban J connectivity index is 2.20. The van der Waals surface area contributed by atoms with Gasteiger partial charge in [0.1, 0.15) is 17.2 Å². The predicted molar refractivity (Wildman–Crippen MR) is 66.9 cm³/mol. The first-order valence-electron chi connectivity index (χ1n) is 6.01. The first-order chi connectivity index (χ1) is 8.53. The lowest BCUT2D eigenvalue weighted by Gasteiger charge is -2.40. The maximum absolute atomic E-state index is 13.2. The maximum Gasteiger partial charge on any atom is 0.123 e. The van der Waals surface area contributed by atoms with Gasteiger partial charge in [0.05, 0.1) is 0 Å². The molecule has 0 saturated heterocycles. The quantitative estimate of drug-likeness (QED) is 0.456. The Morgan fingerprint density at radius 1 is 1.56 bits per heavy atom. The molecule has 0 saturated carbocycles. The Kier molecular flexibility index (Phi) is 3.43. The van der Waals surface area contributed by atoms with Gasteiger partial charge in [0.15, 0.2) is 0 Å². The zero-order valence-electron chi connectivity index (χ0n) is 10.6. The van der Waals surface area contributed by atoms with E-state index in [4.69, 9.17) is 10.3 Å². The fourth-order valence-corrected chi connectivity index (χ4v) is 2.39. The summed E-state index contributed by atoms with van der Waals surface area (Å²) < 4.78 is 19.1. The molecule has 0 fully saturated rings. The second-order valence-electron chi connectivity index (χ2n) is 5.10. The molecule has 1 aliphatic heterocycles. The van der Waals surface area contributed by atoms with Gasteiger partial charge in [-0.1, -0.05) is 5.11 Å². The third kappa shape index (κ3) is 2.57. The van der Waals surface area contributed by atoms with Crippen LogP contribution < -0.4 is 4.74 Å². The van der Waals surface area contributed by atoms with Gasteiger partial charge in [-0.15, -0.1) is 0 Å². The molecule has 1 aromatic rings. The predicted octanol–water partition coefficient (Wildman–Crippen LogP) is 3.86. The van der Waals surface area contributed by atoms with Crippen molar-refractivity contribution in [2.75, 3.05) is 6.54 Å². The number of fused-ring (bicyclic) bond motifs is 1. The van der Waals surface area contributed by atoms with Crippen LogP contribution in [0.15, 0.2) is 23.3 Å².